The largest absolute Gasteiger partial charge is 0.508 e. The van der Waals surface area contributed by atoms with Crippen LogP contribution in [0.15, 0.2) is 101 Å². The lowest BCUT2D eigenvalue weighted by Crippen LogP contribution is -2.55. The summed E-state index contributed by atoms with van der Waals surface area (Å²) in [6, 6.07) is 22.5. The molecule has 364 valence electrons. The van der Waals surface area contributed by atoms with Crippen molar-refractivity contribution in [1.82, 2.24) is 24.3 Å². The summed E-state index contributed by atoms with van der Waals surface area (Å²) in [5, 5.41) is 25.9. The first kappa shape index (κ1) is 45.4. The fourth-order valence-corrected chi connectivity index (χ4v) is 12.2. The van der Waals surface area contributed by atoms with Crippen LogP contribution < -0.4 is 4.68 Å². The molecule has 7 aromatic rings. The molecular formula is C56H60F3N6O5+. The SMILES string of the molecule is OCC(F)(F)CC1=C(c2ccn3cc(CN4CCOCC4[n+]4cc5c6c(ccc5[nH]4)C(c4ccc5cc(CN7CC(CF)C7)oc5c4)=C(C4CCOCC4)CCC6)nc3c2)c2ccc(O)cc2CCC1. The Morgan fingerprint density at radius 2 is 1.70 bits per heavy atom. The van der Waals surface area contributed by atoms with E-state index >= 15 is 0 Å². The molecule has 14 heteroatoms. The molecule has 1 atom stereocenters. The average molecular weight is 954 g/mol. The zero-order chi connectivity index (χ0) is 47.5. The summed E-state index contributed by atoms with van der Waals surface area (Å²) in [5.74, 6) is -1.61. The summed E-state index contributed by atoms with van der Waals surface area (Å²) in [4.78, 5) is 9.76. The third kappa shape index (κ3) is 8.76. The number of phenolic OH excluding ortho intramolecular Hbond substituents is 1. The quantitative estimate of drug-likeness (QED) is 0.104. The minimum Gasteiger partial charge on any atom is -0.508 e. The number of imidazole rings is 1. The first-order valence-electron chi connectivity index (χ1n) is 25.2. The average Bonchev–Trinajstić information content (AvgIpc) is 4.02. The van der Waals surface area contributed by atoms with E-state index in [2.05, 4.69) is 62.2 Å². The molecule has 1 unspecified atom stereocenters. The number of nitrogens with zero attached hydrogens (tertiary/aromatic N) is 5. The number of allylic oxidation sites excluding steroid dienone is 2. The molecule has 3 saturated heterocycles. The van der Waals surface area contributed by atoms with Gasteiger partial charge in [-0.15, -0.1) is 0 Å². The summed E-state index contributed by atoms with van der Waals surface area (Å²) in [6.07, 6.45) is 12.4. The molecule has 0 radical (unpaired) electrons. The fraction of sp³-hybridized carbons (Fsp3) is 0.429. The number of furan rings is 1. The van der Waals surface area contributed by atoms with E-state index in [4.69, 9.17) is 18.9 Å². The number of H-pyrrole nitrogens is 1. The number of aromatic hydroxyl groups is 1. The number of pyridine rings is 1. The number of phenols is 1. The van der Waals surface area contributed by atoms with Crippen LogP contribution in [0.2, 0.25) is 0 Å². The van der Waals surface area contributed by atoms with Gasteiger partial charge in [0, 0.05) is 69.5 Å². The van der Waals surface area contributed by atoms with Gasteiger partial charge in [0.25, 0.3) is 12.1 Å². The molecule has 5 aliphatic rings. The lowest BCUT2D eigenvalue weighted by atomic mass is 9.81. The van der Waals surface area contributed by atoms with Crippen molar-refractivity contribution in [2.75, 3.05) is 59.3 Å². The molecule has 4 aromatic heterocycles. The monoisotopic (exact) mass is 953 g/mol. The number of nitrogens with one attached hydrogen (secondary N) is 1. The van der Waals surface area contributed by atoms with Crippen LogP contribution in [0.3, 0.4) is 0 Å². The van der Waals surface area contributed by atoms with Gasteiger partial charge < -0.3 is 28.5 Å². The van der Waals surface area contributed by atoms with Gasteiger partial charge in [0.1, 0.15) is 41.5 Å². The summed E-state index contributed by atoms with van der Waals surface area (Å²) in [6.45, 7) is 4.67. The normalized spacial score (nSPS) is 20.3. The first-order valence-corrected chi connectivity index (χ1v) is 25.2. The molecule has 0 spiro atoms. The summed E-state index contributed by atoms with van der Waals surface area (Å²) in [5.41, 5.74) is 14.0. The highest BCUT2D eigenvalue weighted by molar-refractivity contribution is 5.94. The van der Waals surface area contributed by atoms with Gasteiger partial charge in [-0.3, -0.25) is 9.29 Å². The maximum absolute atomic E-state index is 14.9. The van der Waals surface area contributed by atoms with Crippen LogP contribution in [-0.4, -0.2) is 99.8 Å². The van der Waals surface area contributed by atoms with Crippen molar-refractivity contribution < 1.29 is 42.0 Å². The van der Waals surface area contributed by atoms with Crippen molar-refractivity contribution in [3.8, 4) is 5.75 Å². The Kier molecular flexibility index (Phi) is 12.2. The molecule has 7 heterocycles. The number of alkyl halides is 3. The van der Waals surface area contributed by atoms with Crippen LogP contribution in [0.4, 0.5) is 13.2 Å². The van der Waals surface area contributed by atoms with Crippen LogP contribution in [0, 0.1) is 11.8 Å². The van der Waals surface area contributed by atoms with Gasteiger partial charge in [0.2, 0.25) is 6.20 Å². The van der Waals surface area contributed by atoms with Gasteiger partial charge in [-0.2, -0.15) is 5.10 Å². The molecular weight excluding hydrogens is 894 g/mol. The van der Waals surface area contributed by atoms with Gasteiger partial charge in [-0.25, -0.2) is 18.7 Å². The number of halogens is 3. The molecule has 3 aromatic carbocycles. The van der Waals surface area contributed by atoms with Crippen LogP contribution in [0.1, 0.15) is 95.9 Å². The second-order valence-corrected chi connectivity index (χ2v) is 20.3. The van der Waals surface area contributed by atoms with E-state index in [0.717, 1.165) is 109 Å². The number of aliphatic hydroxyl groups is 1. The highest BCUT2D eigenvalue weighted by Crippen LogP contribution is 2.44. The Morgan fingerprint density at radius 1 is 0.857 bits per heavy atom. The summed E-state index contributed by atoms with van der Waals surface area (Å²) in [7, 11) is 0. The molecule has 70 heavy (non-hydrogen) atoms. The second kappa shape index (κ2) is 18.8. The molecule has 0 amide bonds. The Balaban J connectivity index is 0.857. The third-order valence-electron chi connectivity index (χ3n) is 15.6. The minimum atomic E-state index is -3.25. The molecule has 2 aliphatic carbocycles. The summed E-state index contributed by atoms with van der Waals surface area (Å²) < 4.78 is 65.6. The van der Waals surface area contributed by atoms with Crippen molar-refractivity contribution in [2.24, 2.45) is 11.8 Å². The van der Waals surface area contributed by atoms with E-state index in [9.17, 15) is 23.4 Å². The Labute approximate surface area is 404 Å². The zero-order valence-corrected chi connectivity index (χ0v) is 39.4. The number of likely N-dealkylation sites (tertiary alicyclic amines) is 1. The van der Waals surface area contributed by atoms with Crippen LogP contribution in [0.5, 0.6) is 5.75 Å². The van der Waals surface area contributed by atoms with Gasteiger partial charge in [-0.05, 0) is 144 Å². The molecule has 0 bridgehead atoms. The van der Waals surface area contributed by atoms with Crippen LogP contribution in [-0.2, 0) is 35.4 Å². The maximum Gasteiger partial charge on any atom is 0.274 e. The number of ether oxygens (including phenoxy) is 2. The number of rotatable bonds is 12. The lowest BCUT2D eigenvalue weighted by molar-refractivity contribution is -0.794. The van der Waals surface area contributed by atoms with Gasteiger partial charge >= 0.3 is 0 Å². The highest BCUT2D eigenvalue weighted by Gasteiger charge is 2.36. The van der Waals surface area contributed by atoms with Gasteiger partial charge in [0.15, 0.2) is 0 Å². The van der Waals surface area contributed by atoms with Crippen LogP contribution in [0.25, 0.3) is 38.7 Å². The number of hydrogen-bond donors (Lipinski definition) is 3. The van der Waals surface area contributed by atoms with E-state index in [0.29, 0.717) is 69.2 Å². The third-order valence-corrected chi connectivity index (χ3v) is 15.6. The van der Waals surface area contributed by atoms with Gasteiger partial charge in [0.05, 0.1) is 30.9 Å². The van der Waals surface area contributed by atoms with E-state index in [1.165, 1.54) is 33.2 Å². The molecule has 11 nitrogen and oxygen atoms in total. The van der Waals surface area contributed by atoms with E-state index in [1.807, 2.05) is 35.0 Å². The Bertz CT molecular complexity index is 3160. The molecule has 3 N–H and O–H groups in total. The highest BCUT2D eigenvalue weighted by atomic mass is 19.3. The predicted molar refractivity (Wildman–Crippen MR) is 261 cm³/mol. The predicted octanol–water partition coefficient (Wildman–Crippen LogP) is 9.71. The number of morpholine rings is 1. The van der Waals surface area contributed by atoms with Crippen molar-refractivity contribution in [3.63, 3.8) is 0 Å². The number of benzene rings is 3. The van der Waals surface area contributed by atoms with E-state index in [-0.39, 0.29) is 24.5 Å². The number of aromatic amines is 1. The van der Waals surface area contributed by atoms with Gasteiger partial charge in [-0.1, -0.05) is 40.1 Å². The molecule has 12 rings (SSSR count). The topological polar surface area (TPSA) is 116 Å². The lowest BCUT2D eigenvalue weighted by Gasteiger charge is -2.36. The fourth-order valence-electron chi connectivity index (χ4n) is 12.2. The number of aromatic nitrogens is 4. The number of hydrogen-bond acceptors (Lipinski definition) is 8. The standard InChI is InChI=1S/C56H59F3N6O5/c57-26-35-27-62(28-35)31-44-22-38-7-8-39(23-51(38)70-44)55-45(36-14-18-68-19-15-36)5-2-6-47-48(55)11-12-50-49(47)32-65(61-50)53-33-69-20-17-64(53)30-42-29-63-16-13-40(24-52(63)60-42)54-41(25-56(58,59)34-66)4-1-3-37-21-43(67)9-10-46(37)54/h7-13,16,21-24,29,32,35-36,53,66-67H,1-6,14-15,17-20,25-28,30-31,33-34H2/p+1. The molecule has 3 aliphatic heterocycles. The van der Waals surface area contributed by atoms with E-state index in [1.54, 1.807) is 12.1 Å². The molecule has 3 fully saturated rings. The molecule has 0 saturated carbocycles. The second-order valence-electron chi connectivity index (χ2n) is 20.3. The van der Waals surface area contributed by atoms with Crippen molar-refractivity contribution >= 4 is 38.7 Å². The number of aryl methyl sites for hydroxylation is 2. The number of aliphatic hydroxyl groups excluding tert-OH is 1. The first-order chi connectivity index (χ1) is 34.2. The Morgan fingerprint density at radius 3 is 2.56 bits per heavy atom. The number of fused-ring (bicyclic) bond motifs is 6. The summed E-state index contributed by atoms with van der Waals surface area (Å²) >= 11 is 0. The Hall–Kier alpha value is -5.77. The van der Waals surface area contributed by atoms with E-state index < -0.39 is 19.0 Å². The zero-order valence-electron chi connectivity index (χ0n) is 39.4. The smallest absolute Gasteiger partial charge is 0.274 e. The van der Waals surface area contributed by atoms with Crippen molar-refractivity contribution in [3.05, 3.63) is 141 Å². The van der Waals surface area contributed by atoms with Crippen molar-refractivity contribution in [1.29, 1.82) is 0 Å². The minimum absolute atomic E-state index is 0.120. The maximum atomic E-state index is 14.9. The van der Waals surface area contributed by atoms with Crippen LogP contribution >= 0.6 is 0 Å². The van der Waals surface area contributed by atoms with Crippen molar-refractivity contribution in [2.45, 2.75) is 83.0 Å².